The van der Waals surface area contributed by atoms with Crippen LogP contribution in [-0.4, -0.2) is 8.77 Å². The molecule has 0 N–H and O–H groups in total. The van der Waals surface area contributed by atoms with E-state index in [0.717, 1.165) is 15.2 Å². The second-order valence-electron chi connectivity index (χ2n) is 2.66. The fourth-order valence-corrected chi connectivity index (χ4v) is 2.51. The highest BCUT2D eigenvalue weighted by molar-refractivity contribution is 14.1. The Balaban J connectivity index is 2.82. The predicted molar refractivity (Wildman–Crippen MR) is 62.7 cm³/mol. The van der Waals surface area contributed by atoms with Gasteiger partial charge in [-0.05, 0) is 19.1 Å². The first-order valence-corrected chi connectivity index (χ1v) is 5.64. The van der Waals surface area contributed by atoms with Crippen LogP contribution in [0.4, 0.5) is 0 Å². The third-order valence-corrected chi connectivity index (χ3v) is 3.25. The normalized spacial score (nSPS) is 10.6. The summed E-state index contributed by atoms with van der Waals surface area (Å²) in [6.45, 7) is 1.95. The van der Waals surface area contributed by atoms with E-state index in [1.54, 1.807) is 33.9 Å². The number of aryl methyl sites for hydroxylation is 1. The zero-order chi connectivity index (χ0) is 9.42. The lowest BCUT2D eigenvalue weighted by Crippen LogP contribution is -1.88. The van der Waals surface area contributed by atoms with Crippen LogP contribution in [0.25, 0.3) is 10.2 Å². The summed E-state index contributed by atoms with van der Waals surface area (Å²) < 4.78 is 1.13. The molecular formula is C9H6INOS. The van der Waals surface area contributed by atoms with Gasteiger partial charge in [-0.1, -0.05) is 6.07 Å². The molecule has 2 nitrogen and oxygen atoms in total. The molecule has 0 aliphatic carbocycles. The van der Waals surface area contributed by atoms with Gasteiger partial charge in [0.15, 0.2) is 0 Å². The topological polar surface area (TPSA) is 30.0 Å². The van der Waals surface area contributed by atoms with Crippen LogP contribution in [0.5, 0.6) is 0 Å². The Kier molecular flexibility index (Phi) is 2.33. The average molecular weight is 303 g/mol. The molecule has 0 saturated heterocycles. The minimum Gasteiger partial charge on any atom is -0.282 e. The number of rotatable bonds is 1. The highest BCUT2D eigenvalue weighted by Gasteiger charge is 2.09. The summed E-state index contributed by atoms with van der Waals surface area (Å²) in [5.41, 5.74) is 1.55. The van der Waals surface area contributed by atoms with Gasteiger partial charge in [0, 0.05) is 22.6 Å². The number of halogens is 1. The number of hydrogen-bond donors (Lipinski definition) is 0. The van der Waals surface area contributed by atoms with Gasteiger partial charge >= 0.3 is 0 Å². The zero-order valence-corrected chi connectivity index (χ0v) is 9.85. The van der Waals surface area contributed by atoms with E-state index in [-0.39, 0.29) is 3.79 Å². The summed E-state index contributed by atoms with van der Waals surface area (Å²) in [6.07, 6.45) is 0. The summed E-state index contributed by atoms with van der Waals surface area (Å²) >= 11 is 3.41. The SMILES string of the molecule is Cc1nc2c(C(=O)I)cccc2s1. The molecule has 0 radical (unpaired) electrons. The van der Waals surface area contributed by atoms with Crippen LogP contribution >= 0.6 is 33.9 Å². The van der Waals surface area contributed by atoms with E-state index in [9.17, 15) is 4.79 Å². The molecule has 0 spiro atoms. The minimum atomic E-state index is 0.0495. The second kappa shape index (κ2) is 3.34. The lowest BCUT2D eigenvalue weighted by molar-refractivity contribution is 0.110. The molecule has 0 bridgehead atoms. The maximum absolute atomic E-state index is 11.2. The van der Waals surface area contributed by atoms with E-state index in [1.165, 1.54) is 0 Å². The highest BCUT2D eigenvalue weighted by Crippen LogP contribution is 2.25. The van der Waals surface area contributed by atoms with E-state index in [0.29, 0.717) is 5.56 Å². The molecule has 2 rings (SSSR count). The summed E-state index contributed by atoms with van der Waals surface area (Å²) in [6, 6.07) is 5.70. The van der Waals surface area contributed by atoms with Crippen LogP contribution in [-0.2, 0) is 0 Å². The van der Waals surface area contributed by atoms with Crippen LogP contribution in [0.3, 0.4) is 0 Å². The average Bonchev–Trinajstić information content (AvgIpc) is 2.43. The van der Waals surface area contributed by atoms with Crippen LogP contribution < -0.4 is 0 Å². The van der Waals surface area contributed by atoms with Gasteiger partial charge in [0.25, 0.3) is 0 Å². The van der Waals surface area contributed by atoms with Crippen molar-refractivity contribution in [1.82, 2.24) is 4.98 Å². The molecule has 0 aliphatic heterocycles. The number of thiazole rings is 1. The Bertz CT molecular complexity index is 477. The van der Waals surface area contributed by atoms with Crippen molar-refractivity contribution in [2.24, 2.45) is 0 Å². The summed E-state index contributed by atoms with van der Waals surface area (Å²) in [5.74, 6) is 0. The Hall–Kier alpha value is -0.490. The molecule has 1 aromatic carbocycles. The largest absolute Gasteiger partial charge is 0.282 e. The van der Waals surface area contributed by atoms with Crippen molar-refractivity contribution in [3.05, 3.63) is 28.8 Å². The molecule has 66 valence electrons. The number of fused-ring (bicyclic) bond motifs is 1. The Morgan fingerprint density at radius 1 is 1.54 bits per heavy atom. The number of carbonyl (C=O) groups is 1. The fourth-order valence-electron chi connectivity index (χ4n) is 1.22. The molecule has 0 fully saturated rings. The van der Waals surface area contributed by atoms with E-state index in [2.05, 4.69) is 4.98 Å². The first-order valence-electron chi connectivity index (χ1n) is 3.74. The Labute approximate surface area is 93.1 Å². The maximum Gasteiger partial charge on any atom is 0.224 e. The van der Waals surface area contributed by atoms with Gasteiger partial charge < -0.3 is 0 Å². The third-order valence-electron chi connectivity index (χ3n) is 1.74. The standard InChI is InChI=1S/C9H6INOS/c1-5-11-8-6(9(10)12)3-2-4-7(8)13-5/h2-4H,1H3. The first-order chi connectivity index (χ1) is 6.18. The quantitative estimate of drug-likeness (QED) is 0.598. The highest BCUT2D eigenvalue weighted by atomic mass is 127. The molecule has 1 aromatic heterocycles. The van der Waals surface area contributed by atoms with Crippen molar-refractivity contribution in [3.8, 4) is 0 Å². The van der Waals surface area contributed by atoms with Gasteiger partial charge in [-0.3, -0.25) is 4.79 Å². The summed E-state index contributed by atoms with van der Waals surface area (Å²) in [7, 11) is 0. The molecule has 1 heterocycles. The van der Waals surface area contributed by atoms with E-state index in [1.807, 2.05) is 25.1 Å². The molecule has 0 aliphatic rings. The van der Waals surface area contributed by atoms with Crippen LogP contribution in [0.1, 0.15) is 15.4 Å². The number of nitrogens with zero attached hydrogens (tertiary/aromatic N) is 1. The van der Waals surface area contributed by atoms with Gasteiger partial charge in [-0.2, -0.15) is 0 Å². The molecule has 2 aromatic rings. The lowest BCUT2D eigenvalue weighted by atomic mass is 10.2. The Morgan fingerprint density at radius 3 is 3.00 bits per heavy atom. The van der Waals surface area contributed by atoms with E-state index < -0.39 is 0 Å². The van der Waals surface area contributed by atoms with Crippen LogP contribution in [0.2, 0.25) is 0 Å². The first kappa shape index (κ1) is 9.08. The van der Waals surface area contributed by atoms with Crippen LogP contribution in [0, 0.1) is 6.92 Å². The predicted octanol–water partition coefficient (Wildman–Crippen LogP) is 3.18. The number of benzene rings is 1. The monoisotopic (exact) mass is 303 g/mol. The van der Waals surface area contributed by atoms with Crippen molar-refractivity contribution in [3.63, 3.8) is 0 Å². The molecule has 13 heavy (non-hydrogen) atoms. The zero-order valence-electron chi connectivity index (χ0n) is 6.87. The van der Waals surface area contributed by atoms with E-state index >= 15 is 0 Å². The molecule has 0 saturated carbocycles. The summed E-state index contributed by atoms with van der Waals surface area (Å²) in [4.78, 5) is 15.5. The van der Waals surface area contributed by atoms with Gasteiger partial charge in [0.05, 0.1) is 20.8 Å². The van der Waals surface area contributed by atoms with Crippen molar-refractivity contribution in [2.75, 3.05) is 0 Å². The van der Waals surface area contributed by atoms with Crippen molar-refractivity contribution >= 4 is 47.9 Å². The van der Waals surface area contributed by atoms with Crippen LogP contribution in [0.15, 0.2) is 18.2 Å². The fraction of sp³-hybridized carbons (Fsp3) is 0.111. The summed E-state index contributed by atoms with van der Waals surface area (Å²) in [5, 5.41) is 1.00. The van der Waals surface area contributed by atoms with Gasteiger partial charge in [-0.15, -0.1) is 11.3 Å². The van der Waals surface area contributed by atoms with Crippen molar-refractivity contribution < 1.29 is 4.79 Å². The van der Waals surface area contributed by atoms with Crippen molar-refractivity contribution in [1.29, 1.82) is 0 Å². The van der Waals surface area contributed by atoms with Gasteiger partial charge in [-0.25, -0.2) is 4.98 Å². The van der Waals surface area contributed by atoms with Gasteiger partial charge in [0.1, 0.15) is 0 Å². The number of para-hydroxylation sites is 1. The molecular weight excluding hydrogens is 297 g/mol. The number of carbonyl (C=O) groups excluding carboxylic acids is 1. The minimum absolute atomic E-state index is 0.0495. The molecule has 0 atom stereocenters. The second-order valence-corrected chi connectivity index (χ2v) is 4.87. The smallest absolute Gasteiger partial charge is 0.224 e. The molecule has 0 unspecified atom stereocenters. The van der Waals surface area contributed by atoms with Gasteiger partial charge in [0.2, 0.25) is 3.79 Å². The third kappa shape index (κ3) is 1.60. The maximum atomic E-state index is 11.2. The number of aromatic nitrogens is 1. The van der Waals surface area contributed by atoms with Crippen molar-refractivity contribution in [2.45, 2.75) is 6.92 Å². The van der Waals surface area contributed by atoms with E-state index in [4.69, 9.17) is 0 Å². The Morgan fingerprint density at radius 2 is 2.31 bits per heavy atom. The molecule has 0 amide bonds. The molecule has 4 heteroatoms. The lowest BCUT2D eigenvalue weighted by Gasteiger charge is -1.93. The number of hydrogen-bond acceptors (Lipinski definition) is 3.